The number of aromatic nitrogens is 1. The predicted octanol–water partition coefficient (Wildman–Crippen LogP) is 4.03. The van der Waals surface area contributed by atoms with Crippen molar-refractivity contribution in [3.8, 4) is 5.75 Å². The zero-order valence-electron chi connectivity index (χ0n) is 15.3. The van der Waals surface area contributed by atoms with Crippen molar-refractivity contribution in [2.45, 2.75) is 40.3 Å². The summed E-state index contributed by atoms with van der Waals surface area (Å²) in [6, 6.07) is 6.30. The van der Waals surface area contributed by atoms with Crippen LogP contribution in [0, 0.1) is 13.8 Å². The molecule has 138 valence electrons. The lowest BCUT2D eigenvalue weighted by Crippen LogP contribution is -2.36. The third-order valence-electron chi connectivity index (χ3n) is 3.62. The number of ether oxygens (including phenoxy) is 1. The van der Waals surface area contributed by atoms with Crippen LogP contribution in [0.1, 0.15) is 35.0 Å². The van der Waals surface area contributed by atoms with E-state index < -0.39 is 0 Å². The Hall–Kier alpha value is -1.35. The normalized spacial score (nSPS) is 11.0. The Bertz CT molecular complexity index is 687. The number of benzene rings is 1. The Balaban J connectivity index is 0.00000312. The van der Waals surface area contributed by atoms with Gasteiger partial charge in [0, 0.05) is 24.0 Å². The molecule has 1 heterocycles. The maximum atomic E-state index is 5.86. The second kappa shape index (κ2) is 11.3. The van der Waals surface area contributed by atoms with Crippen LogP contribution >= 0.6 is 35.3 Å². The van der Waals surface area contributed by atoms with Gasteiger partial charge < -0.3 is 15.4 Å². The van der Waals surface area contributed by atoms with Crippen LogP contribution in [0.5, 0.6) is 5.75 Å². The first-order chi connectivity index (χ1) is 11.6. The zero-order valence-corrected chi connectivity index (χ0v) is 18.4. The number of aryl methyl sites for hydroxylation is 2. The average molecular weight is 474 g/mol. The quantitative estimate of drug-likeness (QED) is 0.362. The summed E-state index contributed by atoms with van der Waals surface area (Å²) in [5.41, 5.74) is 5.27. The highest BCUT2D eigenvalue weighted by Crippen LogP contribution is 2.20. The van der Waals surface area contributed by atoms with Crippen LogP contribution in [-0.4, -0.2) is 24.6 Å². The van der Waals surface area contributed by atoms with E-state index in [9.17, 15) is 0 Å². The Labute approximate surface area is 171 Å². The standard InChI is InChI=1S/C18H26N4OS.HI/c1-5-8-23-16-9-13(2)6-7-15(16)10-20-18(19-4)21-11-17-14(3)22-12-24-17;/h6-7,9,12H,5,8,10-11H2,1-4H3,(H2,19,20,21);1H. The van der Waals surface area contributed by atoms with E-state index in [1.54, 1.807) is 18.4 Å². The third-order valence-corrected chi connectivity index (χ3v) is 4.55. The van der Waals surface area contributed by atoms with Crippen molar-refractivity contribution in [2.75, 3.05) is 13.7 Å². The van der Waals surface area contributed by atoms with E-state index in [0.717, 1.165) is 42.5 Å². The van der Waals surface area contributed by atoms with Crippen molar-refractivity contribution >= 4 is 41.3 Å². The molecular formula is C18H27IN4OS. The largest absolute Gasteiger partial charge is 0.493 e. The van der Waals surface area contributed by atoms with Gasteiger partial charge in [-0.05, 0) is 31.9 Å². The topological polar surface area (TPSA) is 58.5 Å². The van der Waals surface area contributed by atoms with Gasteiger partial charge in [-0.25, -0.2) is 4.98 Å². The van der Waals surface area contributed by atoms with Gasteiger partial charge in [0.1, 0.15) is 5.75 Å². The van der Waals surface area contributed by atoms with Gasteiger partial charge in [0.2, 0.25) is 0 Å². The van der Waals surface area contributed by atoms with Crippen molar-refractivity contribution in [1.82, 2.24) is 15.6 Å². The number of nitrogens with one attached hydrogen (secondary N) is 2. The second-order valence-electron chi connectivity index (χ2n) is 5.60. The number of nitrogens with zero attached hydrogens (tertiary/aromatic N) is 2. The van der Waals surface area contributed by atoms with Crippen molar-refractivity contribution < 1.29 is 4.74 Å². The van der Waals surface area contributed by atoms with Crippen molar-refractivity contribution in [3.63, 3.8) is 0 Å². The molecule has 0 amide bonds. The highest BCUT2D eigenvalue weighted by atomic mass is 127. The van der Waals surface area contributed by atoms with Gasteiger partial charge in [-0.15, -0.1) is 35.3 Å². The minimum atomic E-state index is 0. The third kappa shape index (κ3) is 6.81. The first kappa shape index (κ1) is 21.7. The zero-order chi connectivity index (χ0) is 17.4. The molecule has 1 aromatic carbocycles. The van der Waals surface area contributed by atoms with Gasteiger partial charge in [-0.3, -0.25) is 4.99 Å². The number of aliphatic imine (C=N–C) groups is 1. The molecule has 5 nitrogen and oxygen atoms in total. The van der Waals surface area contributed by atoms with Crippen molar-refractivity contribution in [2.24, 2.45) is 4.99 Å². The molecule has 0 aliphatic carbocycles. The maximum Gasteiger partial charge on any atom is 0.191 e. The van der Waals surface area contributed by atoms with E-state index in [-0.39, 0.29) is 24.0 Å². The highest BCUT2D eigenvalue weighted by Gasteiger charge is 2.07. The molecule has 0 saturated heterocycles. The molecule has 0 atom stereocenters. The molecule has 2 aromatic rings. The van der Waals surface area contributed by atoms with Gasteiger partial charge in [-0.1, -0.05) is 19.1 Å². The van der Waals surface area contributed by atoms with Crippen LogP contribution in [0.15, 0.2) is 28.7 Å². The lowest BCUT2D eigenvalue weighted by Gasteiger charge is -2.15. The van der Waals surface area contributed by atoms with Crippen LogP contribution in [0.2, 0.25) is 0 Å². The minimum Gasteiger partial charge on any atom is -0.493 e. The van der Waals surface area contributed by atoms with Gasteiger partial charge >= 0.3 is 0 Å². The van der Waals surface area contributed by atoms with Crippen molar-refractivity contribution in [3.05, 3.63) is 45.4 Å². The molecule has 0 aliphatic heterocycles. The highest BCUT2D eigenvalue weighted by molar-refractivity contribution is 14.0. The first-order valence-electron chi connectivity index (χ1n) is 8.19. The van der Waals surface area contributed by atoms with Gasteiger partial charge in [0.15, 0.2) is 5.96 Å². The molecule has 0 unspecified atom stereocenters. The fraction of sp³-hybridized carbons (Fsp3) is 0.444. The lowest BCUT2D eigenvalue weighted by molar-refractivity contribution is 0.313. The van der Waals surface area contributed by atoms with E-state index in [1.165, 1.54) is 10.4 Å². The van der Waals surface area contributed by atoms with Crippen LogP contribution in [0.25, 0.3) is 0 Å². The van der Waals surface area contributed by atoms with E-state index in [0.29, 0.717) is 6.54 Å². The number of guanidine groups is 1. The van der Waals surface area contributed by atoms with E-state index in [1.807, 2.05) is 12.4 Å². The Morgan fingerprint density at radius 1 is 1.24 bits per heavy atom. The van der Waals surface area contributed by atoms with Crippen LogP contribution in [-0.2, 0) is 13.1 Å². The molecule has 0 bridgehead atoms. The monoisotopic (exact) mass is 474 g/mol. The SMILES string of the molecule is CCCOc1cc(C)ccc1CNC(=NC)NCc1scnc1C.I. The summed E-state index contributed by atoms with van der Waals surface area (Å²) in [6.45, 7) is 8.33. The van der Waals surface area contributed by atoms with Crippen LogP contribution in [0.4, 0.5) is 0 Å². The molecule has 0 radical (unpaired) electrons. The number of rotatable bonds is 7. The Morgan fingerprint density at radius 2 is 2.00 bits per heavy atom. The molecular weight excluding hydrogens is 447 g/mol. The molecule has 0 fully saturated rings. The minimum absolute atomic E-state index is 0. The fourth-order valence-corrected chi connectivity index (χ4v) is 2.93. The molecule has 2 N–H and O–H groups in total. The number of hydrogen-bond acceptors (Lipinski definition) is 4. The number of thiazole rings is 1. The van der Waals surface area contributed by atoms with Gasteiger partial charge in [-0.2, -0.15) is 0 Å². The molecule has 0 spiro atoms. The predicted molar refractivity (Wildman–Crippen MR) is 116 cm³/mol. The summed E-state index contributed by atoms with van der Waals surface area (Å²) < 4.78 is 5.86. The summed E-state index contributed by atoms with van der Waals surface area (Å²) in [6.07, 6.45) is 0.998. The van der Waals surface area contributed by atoms with Crippen molar-refractivity contribution in [1.29, 1.82) is 0 Å². The molecule has 1 aromatic heterocycles. The summed E-state index contributed by atoms with van der Waals surface area (Å²) in [5, 5.41) is 6.67. The van der Waals surface area contributed by atoms with Gasteiger partial charge in [0.05, 0.1) is 24.4 Å². The summed E-state index contributed by atoms with van der Waals surface area (Å²) in [7, 11) is 1.78. The smallest absolute Gasteiger partial charge is 0.191 e. The molecule has 2 rings (SSSR count). The average Bonchev–Trinajstić information content (AvgIpc) is 2.99. The molecule has 7 heteroatoms. The summed E-state index contributed by atoms with van der Waals surface area (Å²) in [4.78, 5) is 9.77. The van der Waals surface area contributed by atoms with Crippen LogP contribution in [0.3, 0.4) is 0 Å². The van der Waals surface area contributed by atoms with Crippen LogP contribution < -0.4 is 15.4 Å². The molecule has 0 aliphatic rings. The lowest BCUT2D eigenvalue weighted by atomic mass is 10.1. The maximum absolute atomic E-state index is 5.86. The summed E-state index contributed by atoms with van der Waals surface area (Å²) in [5.74, 6) is 1.71. The van der Waals surface area contributed by atoms with E-state index in [4.69, 9.17) is 4.74 Å². The molecule has 0 saturated carbocycles. The fourth-order valence-electron chi connectivity index (χ4n) is 2.21. The Kier molecular flexibility index (Phi) is 9.81. The number of hydrogen-bond donors (Lipinski definition) is 2. The summed E-state index contributed by atoms with van der Waals surface area (Å²) >= 11 is 1.65. The van der Waals surface area contributed by atoms with E-state index >= 15 is 0 Å². The van der Waals surface area contributed by atoms with E-state index in [2.05, 4.69) is 52.7 Å². The Morgan fingerprint density at radius 3 is 2.64 bits per heavy atom. The second-order valence-corrected chi connectivity index (χ2v) is 6.54. The first-order valence-corrected chi connectivity index (χ1v) is 9.07. The molecule has 25 heavy (non-hydrogen) atoms. The van der Waals surface area contributed by atoms with Gasteiger partial charge in [0.25, 0.3) is 0 Å². The number of halogens is 1.